The summed E-state index contributed by atoms with van der Waals surface area (Å²) in [6.07, 6.45) is 6.61. The van der Waals surface area contributed by atoms with Gasteiger partial charge in [-0.1, -0.05) is 54.6 Å². The molecule has 1 heterocycles. The van der Waals surface area contributed by atoms with E-state index in [9.17, 15) is 9.18 Å². The minimum absolute atomic E-state index is 0.134. The fourth-order valence-electron chi connectivity index (χ4n) is 4.06. The summed E-state index contributed by atoms with van der Waals surface area (Å²) in [7, 11) is 0. The van der Waals surface area contributed by atoms with Gasteiger partial charge in [-0.2, -0.15) is 5.10 Å². The highest BCUT2D eigenvalue weighted by Gasteiger charge is 2.39. The van der Waals surface area contributed by atoms with Gasteiger partial charge in [0.2, 0.25) is 0 Å². The monoisotopic (exact) mass is 358 g/mol. The largest absolute Gasteiger partial charge is 0.292 e. The first-order chi connectivity index (χ1) is 13.2. The van der Waals surface area contributed by atoms with E-state index >= 15 is 0 Å². The summed E-state index contributed by atoms with van der Waals surface area (Å²) < 4.78 is 14.0. The Hall–Kier alpha value is -3.01. The van der Waals surface area contributed by atoms with Crippen molar-refractivity contribution in [2.75, 3.05) is 0 Å². The quantitative estimate of drug-likeness (QED) is 0.687. The van der Waals surface area contributed by atoms with Crippen LogP contribution in [0.5, 0.6) is 0 Å². The molecule has 2 aliphatic carbocycles. The molecule has 0 radical (unpaired) electrons. The van der Waals surface area contributed by atoms with Gasteiger partial charge in [-0.15, -0.1) is 0 Å². The maximum Gasteiger partial charge on any atom is 0.186 e. The van der Waals surface area contributed by atoms with Gasteiger partial charge in [0.1, 0.15) is 11.5 Å². The molecule has 5 rings (SSSR count). The van der Waals surface area contributed by atoms with Gasteiger partial charge in [-0.05, 0) is 36.1 Å². The molecule has 2 aliphatic rings. The minimum atomic E-state index is -0.497. The Morgan fingerprint density at radius 2 is 1.85 bits per heavy atom. The maximum atomic E-state index is 14.0. The summed E-state index contributed by atoms with van der Waals surface area (Å²) in [6, 6.07) is 16.8. The van der Waals surface area contributed by atoms with Crippen LogP contribution < -0.4 is 0 Å². The molecular weight excluding hydrogens is 339 g/mol. The number of fused-ring (bicyclic) bond motifs is 1. The smallest absolute Gasteiger partial charge is 0.186 e. The Morgan fingerprint density at radius 1 is 1.07 bits per heavy atom. The van der Waals surface area contributed by atoms with E-state index in [1.807, 2.05) is 30.3 Å². The molecule has 0 aliphatic heterocycles. The SMILES string of the molecule is O=C(c1n[nH]c2c1C=CC(c1ccccc1)(c1cccc(F)c1)C2)C1CC1. The van der Waals surface area contributed by atoms with Crippen molar-refractivity contribution in [3.63, 3.8) is 0 Å². The highest BCUT2D eigenvalue weighted by Crippen LogP contribution is 2.43. The topological polar surface area (TPSA) is 45.8 Å². The lowest BCUT2D eigenvalue weighted by atomic mass is 9.68. The number of carbonyl (C=O) groups is 1. The van der Waals surface area contributed by atoms with Crippen molar-refractivity contribution in [2.45, 2.75) is 24.7 Å². The molecule has 27 heavy (non-hydrogen) atoms. The van der Waals surface area contributed by atoms with Crippen LogP contribution >= 0.6 is 0 Å². The van der Waals surface area contributed by atoms with E-state index in [4.69, 9.17) is 0 Å². The second kappa shape index (κ2) is 6.02. The van der Waals surface area contributed by atoms with E-state index in [1.54, 1.807) is 12.1 Å². The fraction of sp³-hybridized carbons (Fsp3) is 0.217. The molecule has 134 valence electrons. The summed E-state index contributed by atoms with van der Waals surface area (Å²) in [5, 5.41) is 7.41. The lowest BCUT2D eigenvalue weighted by molar-refractivity contribution is 0.0962. The second-order valence-electron chi connectivity index (χ2n) is 7.46. The van der Waals surface area contributed by atoms with Gasteiger partial charge < -0.3 is 0 Å². The third-order valence-corrected chi connectivity index (χ3v) is 5.68. The number of nitrogens with one attached hydrogen (secondary N) is 1. The number of nitrogens with zero attached hydrogens (tertiary/aromatic N) is 1. The number of benzene rings is 2. The summed E-state index contributed by atoms with van der Waals surface area (Å²) in [6.45, 7) is 0. The van der Waals surface area contributed by atoms with Gasteiger partial charge in [0.05, 0.1) is 0 Å². The Balaban J connectivity index is 1.64. The van der Waals surface area contributed by atoms with Crippen LogP contribution in [0.25, 0.3) is 6.08 Å². The Bertz CT molecular complexity index is 1050. The normalized spacial score (nSPS) is 21.1. The van der Waals surface area contributed by atoms with Crippen LogP contribution in [-0.2, 0) is 11.8 Å². The van der Waals surface area contributed by atoms with Crippen LogP contribution in [0.2, 0.25) is 0 Å². The maximum absolute atomic E-state index is 14.0. The standard InChI is InChI=1S/C23H19FN2O/c24-18-8-4-7-17(13-18)23(16-5-2-1-3-6-16)12-11-19-20(14-23)25-26-21(19)22(27)15-9-10-15/h1-8,11-13,15H,9-10,14H2,(H,25,26). The molecular formula is C23H19FN2O. The van der Waals surface area contributed by atoms with E-state index in [-0.39, 0.29) is 17.5 Å². The highest BCUT2D eigenvalue weighted by atomic mass is 19.1. The number of ketones is 1. The van der Waals surface area contributed by atoms with Gasteiger partial charge in [0.15, 0.2) is 5.78 Å². The summed E-state index contributed by atoms with van der Waals surface area (Å²) in [4.78, 5) is 12.5. The number of halogens is 1. The van der Waals surface area contributed by atoms with Gasteiger partial charge in [0.25, 0.3) is 0 Å². The lowest BCUT2D eigenvalue weighted by Gasteiger charge is -2.34. The van der Waals surface area contributed by atoms with Crippen molar-refractivity contribution < 1.29 is 9.18 Å². The molecule has 0 saturated heterocycles. The zero-order valence-corrected chi connectivity index (χ0v) is 14.8. The highest BCUT2D eigenvalue weighted by molar-refractivity contribution is 6.01. The van der Waals surface area contributed by atoms with Crippen molar-refractivity contribution in [1.29, 1.82) is 0 Å². The van der Waals surface area contributed by atoms with E-state index < -0.39 is 5.41 Å². The summed E-state index contributed by atoms with van der Waals surface area (Å²) >= 11 is 0. The first-order valence-corrected chi connectivity index (χ1v) is 9.30. The number of carbonyl (C=O) groups excluding carboxylic acids is 1. The zero-order chi connectivity index (χ0) is 18.4. The number of hydrogen-bond acceptors (Lipinski definition) is 2. The summed E-state index contributed by atoms with van der Waals surface area (Å²) in [5.41, 5.74) is 3.83. The predicted molar refractivity (Wildman–Crippen MR) is 102 cm³/mol. The Kier molecular flexibility index (Phi) is 3.61. The van der Waals surface area contributed by atoms with E-state index in [2.05, 4.69) is 28.4 Å². The minimum Gasteiger partial charge on any atom is -0.292 e. The van der Waals surface area contributed by atoms with Crippen molar-refractivity contribution >= 4 is 11.9 Å². The first-order valence-electron chi connectivity index (χ1n) is 9.30. The van der Waals surface area contributed by atoms with Crippen LogP contribution in [0.15, 0.2) is 60.7 Å². The zero-order valence-electron chi connectivity index (χ0n) is 14.8. The number of H-pyrrole nitrogens is 1. The third-order valence-electron chi connectivity index (χ3n) is 5.68. The van der Waals surface area contributed by atoms with E-state index in [0.29, 0.717) is 12.1 Å². The Labute approximate surface area is 156 Å². The van der Waals surface area contributed by atoms with E-state index in [1.165, 1.54) is 6.07 Å². The average molecular weight is 358 g/mol. The van der Waals surface area contributed by atoms with Crippen molar-refractivity contribution in [3.8, 4) is 0 Å². The molecule has 1 saturated carbocycles. The molecule has 1 aromatic heterocycles. The van der Waals surface area contributed by atoms with Crippen LogP contribution in [-0.4, -0.2) is 16.0 Å². The van der Waals surface area contributed by atoms with Crippen LogP contribution in [0.3, 0.4) is 0 Å². The van der Waals surface area contributed by atoms with Crippen LogP contribution in [0.1, 0.15) is 45.7 Å². The van der Waals surface area contributed by atoms with E-state index in [0.717, 1.165) is 35.2 Å². The molecule has 3 aromatic rings. The van der Waals surface area contributed by atoms with Gasteiger partial charge in [-0.3, -0.25) is 9.89 Å². The van der Waals surface area contributed by atoms with Gasteiger partial charge in [0, 0.05) is 29.0 Å². The van der Waals surface area contributed by atoms with Gasteiger partial charge >= 0.3 is 0 Å². The number of aromatic amines is 1. The molecule has 0 amide bonds. The molecule has 1 unspecified atom stereocenters. The molecule has 1 atom stereocenters. The van der Waals surface area contributed by atoms with Crippen molar-refractivity contribution in [3.05, 3.63) is 94.6 Å². The molecule has 0 spiro atoms. The number of allylic oxidation sites excluding steroid dienone is 1. The number of rotatable bonds is 4. The molecule has 0 bridgehead atoms. The molecule has 2 aromatic carbocycles. The Morgan fingerprint density at radius 3 is 2.59 bits per heavy atom. The lowest BCUT2D eigenvalue weighted by Crippen LogP contribution is -2.30. The summed E-state index contributed by atoms with van der Waals surface area (Å²) in [5.74, 6) is 0.0150. The second-order valence-corrected chi connectivity index (χ2v) is 7.46. The van der Waals surface area contributed by atoms with Crippen molar-refractivity contribution in [1.82, 2.24) is 10.2 Å². The van der Waals surface area contributed by atoms with Gasteiger partial charge in [-0.25, -0.2) is 4.39 Å². The predicted octanol–water partition coefficient (Wildman–Crippen LogP) is 4.70. The fourth-order valence-corrected chi connectivity index (χ4v) is 4.06. The average Bonchev–Trinajstić information content (AvgIpc) is 3.47. The first kappa shape index (κ1) is 16.2. The molecule has 3 nitrogen and oxygen atoms in total. The molecule has 1 N–H and O–H groups in total. The number of Topliss-reactive ketones (excluding diaryl/α,β-unsaturated/α-hetero) is 1. The third kappa shape index (κ3) is 2.64. The number of hydrogen-bond donors (Lipinski definition) is 1. The molecule has 4 heteroatoms. The van der Waals surface area contributed by atoms with Crippen molar-refractivity contribution in [2.24, 2.45) is 5.92 Å². The van der Waals surface area contributed by atoms with Crippen LogP contribution in [0, 0.1) is 11.7 Å². The number of aromatic nitrogens is 2. The molecule has 1 fully saturated rings. The van der Waals surface area contributed by atoms with Crippen LogP contribution in [0.4, 0.5) is 4.39 Å².